The molecule has 6 heterocycles. The average Bonchev–Trinajstić information content (AvgIpc) is 2.90. The van der Waals surface area contributed by atoms with Gasteiger partial charge in [0.1, 0.15) is 13.2 Å². The van der Waals surface area contributed by atoms with Gasteiger partial charge in [-0.05, 0) is 38.1 Å². The van der Waals surface area contributed by atoms with Crippen LogP contribution in [0.25, 0.3) is 0 Å². The van der Waals surface area contributed by atoms with Gasteiger partial charge in [0.15, 0.2) is 0 Å². The van der Waals surface area contributed by atoms with Crippen molar-refractivity contribution in [1.29, 1.82) is 0 Å². The molecule has 2 fully saturated rings. The van der Waals surface area contributed by atoms with E-state index >= 15 is 0 Å². The summed E-state index contributed by atoms with van der Waals surface area (Å²) in [6, 6.07) is 12.0. The number of fused-ring (bicyclic) bond motifs is 2. The smallest absolute Gasteiger partial charge is 0.339 e. The number of hydrogen-bond donors (Lipinski definition) is 0. The third-order valence-corrected chi connectivity index (χ3v) is 6.93. The fourth-order valence-electron chi connectivity index (χ4n) is 4.29. The van der Waals surface area contributed by atoms with Crippen molar-refractivity contribution < 1.29 is 38.0 Å². The number of carbonyl (C=O) groups excluding carboxylic acids is 2. The second kappa shape index (κ2) is 8.92. The minimum atomic E-state index is -1.09. The molecule has 5 aliphatic rings. The summed E-state index contributed by atoms with van der Waals surface area (Å²) in [5.41, 5.74) is 0.275. The van der Waals surface area contributed by atoms with Crippen molar-refractivity contribution in [1.82, 2.24) is 4.98 Å². The largest absolute Gasteiger partial charge is 0.461 e. The summed E-state index contributed by atoms with van der Waals surface area (Å²) in [4.78, 5) is 30.7. The standard InChI is InChI=1S/C27H31NO8/c1-24-12-31-22(29)18-8-5-6-9-19(18)23(30)32-13-25(2)16-35-27(4,36-17-25)21-11-7-10-20(28-21)26(3,33-14-24)34-15-24/h5-11H,12-17H2,1-4H3. The molecule has 192 valence electrons. The van der Waals surface area contributed by atoms with Gasteiger partial charge in [-0.2, -0.15) is 0 Å². The molecule has 5 aliphatic heterocycles. The predicted octanol–water partition coefficient (Wildman–Crippen LogP) is 3.56. The SMILES string of the molecule is CC12COC(=O)c3ccccc3C(=O)OCC3(C)COC(C)(OC3)c3cccc(n3)C(C)(OC1)OC2. The van der Waals surface area contributed by atoms with E-state index in [2.05, 4.69) is 0 Å². The fraction of sp³-hybridized carbons (Fsp3) is 0.519. The van der Waals surface area contributed by atoms with Gasteiger partial charge in [-0.1, -0.05) is 32.0 Å². The molecule has 2 saturated heterocycles. The quantitative estimate of drug-likeness (QED) is 0.506. The topological polar surface area (TPSA) is 102 Å². The monoisotopic (exact) mass is 497 g/mol. The molecule has 0 spiro atoms. The molecule has 6 bridgehead atoms. The Kier molecular flexibility index (Phi) is 6.15. The van der Waals surface area contributed by atoms with E-state index in [-0.39, 0.29) is 50.8 Å². The van der Waals surface area contributed by atoms with E-state index in [1.54, 1.807) is 24.3 Å². The zero-order chi connectivity index (χ0) is 25.6. The number of esters is 2. The van der Waals surface area contributed by atoms with E-state index in [4.69, 9.17) is 33.4 Å². The Morgan fingerprint density at radius 1 is 0.583 bits per heavy atom. The minimum absolute atomic E-state index is 0.0522. The Balaban J connectivity index is 1.49. The highest BCUT2D eigenvalue weighted by molar-refractivity contribution is 6.03. The van der Waals surface area contributed by atoms with Crippen LogP contribution >= 0.6 is 0 Å². The van der Waals surface area contributed by atoms with Gasteiger partial charge in [0.05, 0.1) is 48.9 Å². The van der Waals surface area contributed by atoms with Gasteiger partial charge in [-0.25, -0.2) is 14.6 Å². The lowest BCUT2D eigenvalue weighted by atomic mass is 9.92. The van der Waals surface area contributed by atoms with Crippen LogP contribution in [0, 0.1) is 10.8 Å². The van der Waals surface area contributed by atoms with Gasteiger partial charge < -0.3 is 28.4 Å². The lowest BCUT2D eigenvalue weighted by molar-refractivity contribution is -0.311. The molecule has 36 heavy (non-hydrogen) atoms. The molecule has 0 aliphatic carbocycles. The van der Waals surface area contributed by atoms with Crippen LogP contribution < -0.4 is 0 Å². The predicted molar refractivity (Wildman–Crippen MR) is 126 cm³/mol. The first-order valence-corrected chi connectivity index (χ1v) is 12.0. The lowest BCUT2D eigenvalue weighted by Crippen LogP contribution is -2.49. The summed E-state index contributed by atoms with van der Waals surface area (Å²) in [6.07, 6.45) is 0. The molecule has 9 heteroatoms. The Morgan fingerprint density at radius 3 is 1.36 bits per heavy atom. The van der Waals surface area contributed by atoms with Crippen LogP contribution in [0.2, 0.25) is 0 Å². The zero-order valence-electron chi connectivity index (χ0n) is 21.0. The molecule has 0 radical (unpaired) electrons. The highest BCUT2D eigenvalue weighted by Gasteiger charge is 2.45. The number of nitrogens with zero attached hydrogens (tertiary/aromatic N) is 1. The van der Waals surface area contributed by atoms with Crippen LogP contribution in [0.15, 0.2) is 42.5 Å². The summed E-state index contributed by atoms with van der Waals surface area (Å²) in [5, 5.41) is 0. The van der Waals surface area contributed by atoms with Crippen molar-refractivity contribution in [2.24, 2.45) is 10.8 Å². The van der Waals surface area contributed by atoms with Crippen LogP contribution in [0.4, 0.5) is 0 Å². The molecule has 0 amide bonds. The molecule has 1 aromatic carbocycles. The van der Waals surface area contributed by atoms with Crippen LogP contribution in [-0.4, -0.2) is 56.6 Å². The Hall–Kier alpha value is -2.85. The number of carbonyl (C=O) groups is 2. The molecular formula is C27H31NO8. The number of aromatic nitrogens is 1. The summed E-state index contributed by atoms with van der Waals surface area (Å²) >= 11 is 0. The lowest BCUT2D eigenvalue weighted by Gasteiger charge is -2.43. The van der Waals surface area contributed by atoms with Crippen LogP contribution in [0.3, 0.4) is 0 Å². The summed E-state index contributed by atoms with van der Waals surface area (Å²) in [6.45, 7) is 8.65. The van der Waals surface area contributed by atoms with Crippen LogP contribution in [-0.2, 0) is 40.0 Å². The van der Waals surface area contributed by atoms with Crippen molar-refractivity contribution >= 4 is 11.9 Å². The van der Waals surface area contributed by atoms with Crippen molar-refractivity contribution in [2.45, 2.75) is 39.3 Å². The third-order valence-electron chi connectivity index (χ3n) is 6.93. The average molecular weight is 498 g/mol. The highest BCUT2D eigenvalue weighted by atomic mass is 16.7. The first kappa shape index (κ1) is 24.8. The molecule has 2 aromatic rings. The molecular weight excluding hydrogens is 466 g/mol. The first-order chi connectivity index (χ1) is 17.0. The fourth-order valence-corrected chi connectivity index (χ4v) is 4.29. The van der Waals surface area contributed by atoms with Gasteiger partial charge in [0.2, 0.25) is 11.6 Å². The normalized spacial score (nSPS) is 35.1. The summed E-state index contributed by atoms with van der Waals surface area (Å²) in [7, 11) is 0. The first-order valence-electron chi connectivity index (χ1n) is 12.0. The molecule has 9 nitrogen and oxygen atoms in total. The molecule has 7 rings (SSSR count). The maximum atomic E-state index is 13.0. The van der Waals surface area contributed by atoms with Crippen molar-refractivity contribution in [3.05, 3.63) is 65.0 Å². The molecule has 0 saturated carbocycles. The van der Waals surface area contributed by atoms with Crippen LogP contribution in [0.5, 0.6) is 0 Å². The third kappa shape index (κ3) is 4.64. The Labute approximate surface area is 210 Å². The van der Waals surface area contributed by atoms with E-state index in [0.29, 0.717) is 11.4 Å². The van der Waals surface area contributed by atoms with Gasteiger partial charge >= 0.3 is 11.9 Å². The number of rotatable bonds is 0. The number of hydrogen-bond acceptors (Lipinski definition) is 9. The molecule has 0 unspecified atom stereocenters. The van der Waals surface area contributed by atoms with Gasteiger partial charge in [0.25, 0.3) is 0 Å². The van der Waals surface area contributed by atoms with Gasteiger partial charge in [-0.15, -0.1) is 0 Å². The van der Waals surface area contributed by atoms with Crippen LogP contribution in [0.1, 0.15) is 59.8 Å². The zero-order valence-corrected chi connectivity index (χ0v) is 21.0. The number of ether oxygens (including phenoxy) is 6. The van der Waals surface area contributed by atoms with Crippen molar-refractivity contribution in [3.8, 4) is 0 Å². The maximum Gasteiger partial charge on any atom is 0.339 e. The van der Waals surface area contributed by atoms with Crippen molar-refractivity contribution in [2.75, 3.05) is 39.6 Å². The van der Waals surface area contributed by atoms with E-state index in [9.17, 15) is 9.59 Å². The summed E-state index contributed by atoms with van der Waals surface area (Å²) < 4.78 is 35.8. The second-order valence-corrected chi connectivity index (χ2v) is 10.8. The van der Waals surface area contributed by atoms with E-state index in [1.165, 1.54) is 0 Å². The van der Waals surface area contributed by atoms with Crippen molar-refractivity contribution in [3.63, 3.8) is 0 Å². The minimum Gasteiger partial charge on any atom is -0.461 e. The van der Waals surface area contributed by atoms with E-state index < -0.39 is 34.3 Å². The molecule has 0 atom stereocenters. The van der Waals surface area contributed by atoms with Gasteiger partial charge in [0, 0.05) is 10.8 Å². The Bertz CT molecular complexity index is 1080. The molecule has 1 aromatic heterocycles. The maximum absolute atomic E-state index is 13.0. The summed E-state index contributed by atoms with van der Waals surface area (Å²) in [5.74, 6) is -3.41. The number of benzene rings is 1. The second-order valence-electron chi connectivity index (χ2n) is 10.8. The molecule has 0 N–H and O–H groups in total. The Morgan fingerprint density at radius 2 is 0.972 bits per heavy atom. The van der Waals surface area contributed by atoms with Gasteiger partial charge in [-0.3, -0.25) is 0 Å². The number of pyridine rings is 1. The highest BCUT2D eigenvalue weighted by Crippen LogP contribution is 2.39. The van der Waals surface area contributed by atoms with E-state index in [0.717, 1.165) is 0 Å². The van der Waals surface area contributed by atoms with E-state index in [1.807, 2.05) is 45.9 Å².